The second kappa shape index (κ2) is 7.21. The third kappa shape index (κ3) is 5.36. The van der Waals surface area contributed by atoms with Crippen molar-refractivity contribution in [2.75, 3.05) is 13.1 Å². The number of hydrogen-bond donors (Lipinski definition) is 0. The first-order valence-corrected chi connectivity index (χ1v) is 7.03. The Balaban J connectivity index is 2.10. The van der Waals surface area contributed by atoms with Crippen molar-refractivity contribution in [2.45, 2.75) is 19.5 Å². The van der Waals surface area contributed by atoms with Crippen molar-refractivity contribution in [1.82, 2.24) is 14.9 Å². The van der Waals surface area contributed by atoms with E-state index in [1.807, 2.05) is 31.2 Å². The molecule has 0 spiro atoms. The predicted molar refractivity (Wildman–Crippen MR) is 78.9 cm³/mol. The molecule has 23 heavy (non-hydrogen) atoms. The average Bonchev–Trinajstić information content (AvgIpc) is 2.52. The summed E-state index contributed by atoms with van der Waals surface area (Å²) in [5.74, 6) is -0.775. The fourth-order valence-corrected chi connectivity index (χ4v) is 2.06. The number of carbonyl (C=O) groups excluding carboxylic acids is 1. The molecule has 0 fully saturated rings. The van der Waals surface area contributed by atoms with Gasteiger partial charge in [0.05, 0.1) is 6.20 Å². The lowest BCUT2D eigenvalue weighted by atomic mass is 10.1. The molecule has 4 nitrogen and oxygen atoms in total. The van der Waals surface area contributed by atoms with E-state index in [-0.39, 0.29) is 12.2 Å². The highest BCUT2D eigenvalue weighted by Crippen LogP contribution is 2.18. The van der Waals surface area contributed by atoms with Crippen molar-refractivity contribution < 1.29 is 18.0 Å². The SMILES string of the molecule is Cc1ccc(CCN(CC(F)(F)F)C(=O)c2cnccn2)cc1. The van der Waals surface area contributed by atoms with Gasteiger partial charge in [0.1, 0.15) is 12.2 Å². The standard InChI is InChI=1S/C16H16F3N3O/c1-12-2-4-13(5-3-12)6-9-22(11-16(17,18)19)15(23)14-10-20-7-8-21-14/h2-5,7-8,10H,6,9,11H2,1H3. The van der Waals surface area contributed by atoms with Gasteiger partial charge in [-0.15, -0.1) is 0 Å². The molecule has 1 heterocycles. The van der Waals surface area contributed by atoms with Gasteiger partial charge in [-0.2, -0.15) is 13.2 Å². The quantitative estimate of drug-likeness (QED) is 0.850. The Morgan fingerprint density at radius 2 is 1.87 bits per heavy atom. The summed E-state index contributed by atoms with van der Waals surface area (Å²) in [4.78, 5) is 20.5. The van der Waals surface area contributed by atoms with Gasteiger partial charge < -0.3 is 4.90 Å². The van der Waals surface area contributed by atoms with Crippen LogP contribution in [0.4, 0.5) is 13.2 Å². The molecule has 122 valence electrons. The minimum Gasteiger partial charge on any atom is -0.328 e. The number of hydrogen-bond acceptors (Lipinski definition) is 3. The molecule has 1 amide bonds. The maximum atomic E-state index is 12.7. The van der Waals surface area contributed by atoms with Gasteiger partial charge in [0.15, 0.2) is 0 Å². The third-order valence-electron chi connectivity index (χ3n) is 3.23. The molecular formula is C16H16F3N3O. The van der Waals surface area contributed by atoms with Crippen LogP contribution in [0, 0.1) is 6.92 Å². The Morgan fingerprint density at radius 3 is 2.43 bits per heavy atom. The number of halogens is 3. The second-order valence-electron chi connectivity index (χ2n) is 5.17. The number of rotatable bonds is 5. The highest BCUT2D eigenvalue weighted by Gasteiger charge is 2.33. The lowest BCUT2D eigenvalue weighted by Crippen LogP contribution is -2.40. The van der Waals surface area contributed by atoms with Crippen LogP contribution in [0.25, 0.3) is 0 Å². The minimum atomic E-state index is -4.47. The van der Waals surface area contributed by atoms with Crippen LogP contribution in [0.2, 0.25) is 0 Å². The van der Waals surface area contributed by atoms with E-state index < -0.39 is 18.6 Å². The predicted octanol–water partition coefficient (Wildman–Crippen LogP) is 3.03. The van der Waals surface area contributed by atoms with E-state index in [0.717, 1.165) is 22.2 Å². The third-order valence-corrected chi connectivity index (χ3v) is 3.23. The monoisotopic (exact) mass is 323 g/mol. The summed E-state index contributed by atoms with van der Waals surface area (Å²) in [5, 5.41) is 0. The van der Waals surface area contributed by atoms with Crippen molar-refractivity contribution in [3.63, 3.8) is 0 Å². The lowest BCUT2D eigenvalue weighted by Gasteiger charge is -2.23. The first-order valence-electron chi connectivity index (χ1n) is 7.03. The maximum absolute atomic E-state index is 12.7. The van der Waals surface area contributed by atoms with Crippen molar-refractivity contribution in [1.29, 1.82) is 0 Å². The van der Waals surface area contributed by atoms with Gasteiger partial charge in [-0.05, 0) is 18.9 Å². The molecule has 0 aliphatic carbocycles. The average molecular weight is 323 g/mol. The van der Waals surface area contributed by atoms with Gasteiger partial charge >= 0.3 is 6.18 Å². The van der Waals surface area contributed by atoms with Crippen LogP contribution in [0.1, 0.15) is 21.6 Å². The summed E-state index contributed by atoms with van der Waals surface area (Å²) in [6, 6.07) is 7.45. The van der Waals surface area contributed by atoms with Gasteiger partial charge in [-0.3, -0.25) is 9.78 Å². The lowest BCUT2D eigenvalue weighted by molar-refractivity contribution is -0.140. The van der Waals surface area contributed by atoms with Crippen molar-refractivity contribution in [3.05, 3.63) is 59.7 Å². The van der Waals surface area contributed by atoms with E-state index in [1.54, 1.807) is 0 Å². The van der Waals surface area contributed by atoms with Gasteiger partial charge in [0, 0.05) is 18.9 Å². The molecule has 1 aromatic carbocycles. The molecule has 0 atom stereocenters. The molecule has 2 aromatic rings. The summed E-state index contributed by atoms with van der Waals surface area (Å²) in [5.41, 5.74) is 1.84. The van der Waals surface area contributed by atoms with Crippen LogP contribution in [0.3, 0.4) is 0 Å². The zero-order valence-electron chi connectivity index (χ0n) is 12.5. The smallest absolute Gasteiger partial charge is 0.328 e. The van der Waals surface area contributed by atoms with Crippen LogP contribution in [0.15, 0.2) is 42.9 Å². The first kappa shape index (κ1) is 16.9. The summed E-state index contributed by atoms with van der Waals surface area (Å²) < 4.78 is 38.2. The fourth-order valence-electron chi connectivity index (χ4n) is 2.06. The molecule has 0 unspecified atom stereocenters. The van der Waals surface area contributed by atoms with E-state index in [4.69, 9.17) is 0 Å². The summed E-state index contributed by atoms with van der Waals surface area (Å²) in [7, 11) is 0. The van der Waals surface area contributed by atoms with Crippen LogP contribution in [0.5, 0.6) is 0 Å². The van der Waals surface area contributed by atoms with E-state index in [0.29, 0.717) is 6.42 Å². The second-order valence-corrected chi connectivity index (χ2v) is 5.17. The molecule has 0 N–H and O–H groups in total. The Labute approximate surface area is 132 Å². The number of alkyl halides is 3. The molecule has 0 aliphatic rings. The Bertz CT molecular complexity index is 642. The summed E-state index contributed by atoms with van der Waals surface area (Å²) in [6.45, 7) is 0.573. The molecule has 2 rings (SSSR count). The maximum Gasteiger partial charge on any atom is 0.406 e. The number of amides is 1. The van der Waals surface area contributed by atoms with E-state index >= 15 is 0 Å². The first-order chi connectivity index (χ1) is 10.8. The van der Waals surface area contributed by atoms with Crippen molar-refractivity contribution in [3.8, 4) is 0 Å². The molecule has 0 bridgehead atoms. The van der Waals surface area contributed by atoms with E-state index in [9.17, 15) is 18.0 Å². The molecule has 0 aliphatic heterocycles. The number of benzene rings is 1. The van der Waals surface area contributed by atoms with Crippen LogP contribution < -0.4 is 0 Å². The van der Waals surface area contributed by atoms with Gasteiger partial charge in [-0.25, -0.2) is 4.98 Å². The number of aryl methyl sites for hydroxylation is 1. The Hall–Kier alpha value is -2.44. The van der Waals surface area contributed by atoms with Crippen LogP contribution >= 0.6 is 0 Å². The fraction of sp³-hybridized carbons (Fsp3) is 0.312. The minimum absolute atomic E-state index is 0.0437. The largest absolute Gasteiger partial charge is 0.406 e. The number of aromatic nitrogens is 2. The molecule has 7 heteroatoms. The van der Waals surface area contributed by atoms with Crippen LogP contribution in [-0.2, 0) is 6.42 Å². The van der Waals surface area contributed by atoms with Gasteiger partial charge in [0.25, 0.3) is 5.91 Å². The summed E-state index contributed by atoms with van der Waals surface area (Å²) in [6.07, 6.45) is -0.332. The van der Waals surface area contributed by atoms with E-state index in [2.05, 4.69) is 9.97 Å². The molecule has 0 saturated heterocycles. The topological polar surface area (TPSA) is 46.1 Å². The van der Waals surface area contributed by atoms with Crippen molar-refractivity contribution in [2.24, 2.45) is 0 Å². The highest BCUT2D eigenvalue weighted by molar-refractivity contribution is 5.92. The summed E-state index contributed by atoms with van der Waals surface area (Å²) >= 11 is 0. The van der Waals surface area contributed by atoms with E-state index in [1.165, 1.54) is 12.4 Å². The van der Waals surface area contributed by atoms with Crippen LogP contribution in [-0.4, -0.2) is 40.0 Å². The van der Waals surface area contributed by atoms with Gasteiger partial charge in [-0.1, -0.05) is 29.8 Å². The Kier molecular flexibility index (Phi) is 5.31. The van der Waals surface area contributed by atoms with Crippen molar-refractivity contribution >= 4 is 5.91 Å². The molecule has 0 radical (unpaired) electrons. The molecular weight excluding hydrogens is 307 g/mol. The Morgan fingerprint density at radius 1 is 1.17 bits per heavy atom. The normalized spacial score (nSPS) is 11.3. The zero-order valence-corrected chi connectivity index (χ0v) is 12.5. The zero-order chi connectivity index (χ0) is 16.9. The number of carbonyl (C=O) groups is 1. The number of nitrogens with zero attached hydrogens (tertiary/aromatic N) is 3. The molecule has 1 aromatic heterocycles. The molecule has 0 saturated carbocycles. The van der Waals surface area contributed by atoms with Gasteiger partial charge in [0.2, 0.25) is 0 Å². The highest BCUT2D eigenvalue weighted by atomic mass is 19.4.